The van der Waals surface area contributed by atoms with Crippen molar-refractivity contribution in [2.75, 3.05) is 0 Å². The summed E-state index contributed by atoms with van der Waals surface area (Å²) in [6.07, 6.45) is -6.54. The van der Waals surface area contributed by atoms with Gasteiger partial charge in [0, 0.05) is 22.6 Å². The Morgan fingerprint density at radius 3 is 2.43 bits per heavy atom. The molecule has 0 amide bonds. The summed E-state index contributed by atoms with van der Waals surface area (Å²) in [6.45, 7) is 5.75. The minimum absolute atomic E-state index is 0.0563. The monoisotopic (exact) mass is 325 g/mol. The van der Waals surface area contributed by atoms with Gasteiger partial charge in [-0.05, 0) is 39.0 Å². The summed E-state index contributed by atoms with van der Waals surface area (Å²) in [5.74, 6) is 5.82. The number of fused-ring (bicyclic) bond motifs is 1. The largest absolute Gasteiger partial charge is 0.469 e. The van der Waals surface area contributed by atoms with Gasteiger partial charge >= 0.3 is 6.18 Å². The fourth-order valence-corrected chi connectivity index (χ4v) is 1.91. The van der Waals surface area contributed by atoms with Gasteiger partial charge in [-0.1, -0.05) is 11.8 Å². The Morgan fingerprint density at radius 2 is 1.91 bits per heavy atom. The Morgan fingerprint density at radius 1 is 1.26 bits per heavy atom. The van der Waals surface area contributed by atoms with Crippen molar-refractivity contribution in [2.45, 2.75) is 33.1 Å². The number of rotatable bonds is 1. The molecule has 1 aliphatic rings. The summed E-state index contributed by atoms with van der Waals surface area (Å²) in [4.78, 5) is 9.82. The van der Waals surface area contributed by atoms with Crippen LogP contribution in [0.1, 0.15) is 31.9 Å². The van der Waals surface area contributed by atoms with E-state index >= 15 is 0 Å². The zero-order valence-electron chi connectivity index (χ0n) is 12.7. The number of benzene rings is 1. The molecule has 1 aliphatic heterocycles. The molecule has 0 aromatic heterocycles. The highest BCUT2D eigenvalue weighted by molar-refractivity contribution is 5.64. The lowest BCUT2D eigenvalue weighted by atomic mass is 9.97. The number of hydrogen-bond acceptors (Lipinski definition) is 3. The standard InChI is InChI=1S/C16H14F3NO3/c1-15(2,3)7-6-10-4-5-13-11(8-10)9-12(20(21)22)14(23-13)16(17,18)19/h4-5,8-9,14H,1-3H3. The van der Waals surface area contributed by atoms with Crippen LogP contribution in [0.25, 0.3) is 6.08 Å². The van der Waals surface area contributed by atoms with E-state index in [4.69, 9.17) is 4.74 Å². The van der Waals surface area contributed by atoms with Gasteiger partial charge < -0.3 is 4.74 Å². The minimum Gasteiger partial charge on any atom is -0.469 e. The highest BCUT2D eigenvalue weighted by atomic mass is 19.4. The maximum absolute atomic E-state index is 12.9. The Balaban J connectivity index is 2.46. The number of hydrogen-bond donors (Lipinski definition) is 0. The first-order valence-electron chi connectivity index (χ1n) is 6.74. The molecule has 0 bridgehead atoms. The van der Waals surface area contributed by atoms with Gasteiger partial charge in [0.1, 0.15) is 5.75 Å². The molecule has 122 valence electrons. The van der Waals surface area contributed by atoms with Gasteiger partial charge in [0.25, 0.3) is 11.8 Å². The van der Waals surface area contributed by atoms with Crippen LogP contribution in [0, 0.1) is 27.4 Å². The smallest absolute Gasteiger partial charge is 0.436 e. The average Bonchev–Trinajstić information content (AvgIpc) is 2.41. The summed E-state index contributed by atoms with van der Waals surface area (Å²) in [7, 11) is 0. The number of nitrogens with zero attached hydrogens (tertiary/aromatic N) is 1. The normalized spacial score (nSPS) is 17.3. The second-order valence-corrected chi connectivity index (χ2v) is 6.12. The van der Waals surface area contributed by atoms with Crippen LogP contribution in [0.15, 0.2) is 23.9 Å². The SMILES string of the molecule is CC(C)(C)C#Cc1ccc2c(c1)C=C([N+](=O)[O-])C(C(F)(F)F)O2. The number of nitro groups is 1. The Kier molecular flexibility index (Phi) is 4.12. The summed E-state index contributed by atoms with van der Waals surface area (Å²) >= 11 is 0. The second kappa shape index (κ2) is 5.61. The van der Waals surface area contributed by atoms with Crippen LogP contribution < -0.4 is 4.74 Å². The average molecular weight is 325 g/mol. The lowest BCUT2D eigenvalue weighted by Crippen LogP contribution is -2.40. The van der Waals surface area contributed by atoms with E-state index in [1.54, 1.807) is 0 Å². The molecule has 0 N–H and O–H groups in total. The van der Waals surface area contributed by atoms with Gasteiger partial charge in [-0.15, -0.1) is 0 Å². The van der Waals surface area contributed by atoms with E-state index in [1.807, 2.05) is 20.8 Å². The van der Waals surface area contributed by atoms with Crippen molar-refractivity contribution < 1.29 is 22.8 Å². The predicted molar refractivity (Wildman–Crippen MR) is 78.2 cm³/mol. The summed E-state index contributed by atoms with van der Waals surface area (Å²) in [5, 5.41) is 10.9. The van der Waals surface area contributed by atoms with E-state index in [0.717, 1.165) is 6.08 Å². The van der Waals surface area contributed by atoms with Crippen LogP contribution in [-0.4, -0.2) is 17.2 Å². The fraction of sp³-hybridized carbons (Fsp3) is 0.375. The third-order valence-electron chi connectivity index (χ3n) is 2.92. The highest BCUT2D eigenvalue weighted by Crippen LogP contribution is 2.37. The molecule has 23 heavy (non-hydrogen) atoms. The molecule has 1 aromatic carbocycles. The van der Waals surface area contributed by atoms with E-state index < -0.39 is 22.9 Å². The van der Waals surface area contributed by atoms with Crippen LogP contribution in [-0.2, 0) is 0 Å². The Bertz CT molecular complexity index is 734. The molecule has 1 heterocycles. The molecule has 7 heteroatoms. The molecule has 4 nitrogen and oxygen atoms in total. The van der Waals surface area contributed by atoms with Crippen molar-refractivity contribution in [1.82, 2.24) is 0 Å². The fourth-order valence-electron chi connectivity index (χ4n) is 1.91. The Hall–Kier alpha value is -2.49. The molecule has 1 atom stereocenters. The molecular weight excluding hydrogens is 311 g/mol. The van der Waals surface area contributed by atoms with Crippen molar-refractivity contribution in [2.24, 2.45) is 5.41 Å². The van der Waals surface area contributed by atoms with Gasteiger partial charge in [-0.25, -0.2) is 0 Å². The van der Waals surface area contributed by atoms with E-state index in [1.165, 1.54) is 18.2 Å². The maximum atomic E-state index is 12.9. The third kappa shape index (κ3) is 4.03. The van der Waals surface area contributed by atoms with Crippen LogP contribution in [0.5, 0.6) is 5.75 Å². The molecule has 0 fully saturated rings. The second-order valence-electron chi connectivity index (χ2n) is 6.12. The first-order valence-corrected chi connectivity index (χ1v) is 6.74. The first-order chi connectivity index (χ1) is 10.5. The summed E-state index contributed by atoms with van der Waals surface area (Å²) < 4.78 is 43.4. The number of alkyl halides is 3. The van der Waals surface area contributed by atoms with Crippen molar-refractivity contribution >= 4 is 6.08 Å². The molecule has 0 saturated heterocycles. The molecule has 2 rings (SSSR count). The summed E-state index contributed by atoms with van der Waals surface area (Å²) in [6, 6.07) is 4.34. The van der Waals surface area contributed by atoms with E-state index in [2.05, 4.69) is 11.8 Å². The highest BCUT2D eigenvalue weighted by Gasteiger charge is 2.51. The van der Waals surface area contributed by atoms with Gasteiger partial charge in [-0.3, -0.25) is 10.1 Å². The molecule has 0 saturated carbocycles. The molecule has 1 aromatic rings. The lowest BCUT2D eigenvalue weighted by molar-refractivity contribution is -0.443. The van der Waals surface area contributed by atoms with Crippen LogP contribution in [0.3, 0.4) is 0 Å². The minimum atomic E-state index is -4.86. The molecule has 1 unspecified atom stereocenters. The van der Waals surface area contributed by atoms with Crippen LogP contribution in [0.2, 0.25) is 0 Å². The van der Waals surface area contributed by atoms with Gasteiger partial charge in [0.15, 0.2) is 0 Å². The lowest BCUT2D eigenvalue weighted by Gasteiger charge is -2.24. The van der Waals surface area contributed by atoms with Crippen LogP contribution >= 0.6 is 0 Å². The van der Waals surface area contributed by atoms with Gasteiger partial charge in [0.05, 0.1) is 4.92 Å². The van der Waals surface area contributed by atoms with Crippen molar-refractivity contribution in [1.29, 1.82) is 0 Å². The zero-order valence-corrected chi connectivity index (χ0v) is 12.7. The predicted octanol–water partition coefficient (Wildman–Crippen LogP) is 4.03. The van der Waals surface area contributed by atoms with Crippen molar-refractivity contribution in [3.05, 3.63) is 45.1 Å². The summed E-state index contributed by atoms with van der Waals surface area (Å²) in [5.41, 5.74) is -0.522. The molecule has 0 radical (unpaired) electrons. The zero-order chi connectivity index (χ0) is 17.4. The van der Waals surface area contributed by atoms with Crippen molar-refractivity contribution in [3.8, 4) is 17.6 Å². The number of ether oxygens (including phenoxy) is 1. The number of halogens is 3. The first kappa shape index (κ1) is 16.9. The molecular formula is C16H14F3NO3. The quantitative estimate of drug-likeness (QED) is 0.445. The molecule has 0 aliphatic carbocycles. The van der Waals surface area contributed by atoms with E-state index in [9.17, 15) is 23.3 Å². The van der Waals surface area contributed by atoms with Gasteiger partial charge in [0.2, 0.25) is 0 Å². The molecule has 0 spiro atoms. The van der Waals surface area contributed by atoms with Crippen LogP contribution in [0.4, 0.5) is 13.2 Å². The van der Waals surface area contributed by atoms with E-state index in [-0.39, 0.29) is 16.7 Å². The van der Waals surface area contributed by atoms with Gasteiger partial charge in [-0.2, -0.15) is 13.2 Å². The third-order valence-corrected chi connectivity index (χ3v) is 2.92. The van der Waals surface area contributed by atoms with Crippen molar-refractivity contribution in [3.63, 3.8) is 0 Å². The topological polar surface area (TPSA) is 52.4 Å². The van der Waals surface area contributed by atoms with E-state index in [0.29, 0.717) is 5.56 Å². The Labute approximate surface area is 131 Å². The maximum Gasteiger partial charge on any atom is 0.436 e.